The smallest absolute Gasteiger partial charge is 0.414 e. The Morgan fingerprint density at radius 1 is 1.24 bits per heavy atom. The van der Waals surface area contributed by atoms with Crippen molar-refractivity contribution in [2.45, 2.75) is 44.8 Å². The number of carbonyl (C=O) groups is 2. The molecule has 1 aromatic rings. The number of hydrogen-bond donors (Lipinski definition) is 2. The van der Waals surface area contributed by atoms with Crippen molar-refractivity contribution < 1.29 is 14.3 Å². The van der Waals surface area contributed by atoms with E-state index in [4.69, 9.17) is 4.74 Å². The molecule has 0 aliphatic carbocycles. The number of anilines is 1. The summed E-state index contributed by atoms with van der Waals surface area (Å²) in [6, 6.07) is 9.22. The van der Waals surface area contributed by atoms with E-state index in [-0.39, 0.29) is 11.9 Å². The fraction of sp³-hybridized carbons (Fsp3) is 0.500. The Morgan fingerprint density at radius 3 is 2.48 bits per heavy atom. The molecule has 2 aliphatic heterocycles. The van der Waals surface area contributed by atoms with Gasteiger partial charge in [-0.15, -0.1) is 0 Å². The molecule has 7 nitrogen and oxygen atoms in total. The van der Waals surface area contributed by atoms with E-state index < -0.39 is 17.2 Å². The fourth-order valence-corrected chi connectivity index (χ4v) is 3.07. The highest BCUT2D eigenvalue weighted by atomic mass is 16.6. The van der Waals surface area contributed by atoms with E-state index in [1.54, 1.807) is 20.8 Å². The molecule has 0 radical (unpaired) electrons. The Morgan fingerprint density at radius 2 is 1.88 bits per heavy atom. The third kappa shape index (κ3) is 3.66. The maximum Gasteiger partial charge on any atom is 0.414 e. The van der Waals surface area contributed by atoms with Gasteiger partial charge in [0, 0.05) is 0 Å². The lowest BCUT2D eigenvalue weighted by Crippen LogP contribution is -2.50. The van der Waals surface area contributed by atoms with Gasteiger partial charge in [-0.2, -0.15) is 0 Å². The molecule has 2 aliphatic rings. The topological polar surface area (TPSA) is 83.0 Å². The van der Waals surface area contributed by atoms with Gasteiger partial charge in [-0.05, 0) is 58.8 Å². The summed E-state index contributed by atoms with van der Waals surface area (Å²) in [5.41, 5.74) is -0.763. The highest BCUT2D eigenvalue weighted by molar-refractivity contribution is 6.25. The van der Waals surface area contributed by atoms with Crippen LogP contribution in [0.25, 0.3) is 0 Å². The lowest BCUT2D eigenvalue weighted by Gasteiger charge is -2.30. The molecule has 1 aromatic carbocycles. The van der Waals surface area contributed by atoms with Crippen LogP contribution in [0.3, 0.4) is 0 Å². The third-order valence-electron chi connectivity index (χ3n) is 4.19. The molecule has 1 spiro atoms. The summed E-state index contributed by atoms with van der Waals surface area (Å²) in [6.07, 6.45) is 0.592. The standard InChI is InChI=1S/C18H24N4O3/c1-17(2,3)25-16(24)20-15-21-18(9-11-19-12-10-18)14(23)22(15)13-7-5-4-6-8-13/h4-8,19H,9-12H2,1-3H3,(H,20,21,24). The summed E-state index contributed by atoms with van der Waals surface area (Å²) in [7, 11) is 0. The summed E-state index contributed by atoms with van der Waals surface area (Å²) < 4.78 is 5.31. The van der Waals surface area contributed by atoms with Gasteiger partial charge in [0.2, 0.25) is 5.96 Å². The zero-order valence-electron chi connectivity index (χ0n) is 14.8. The molecule has 0 saturated carbocycles. The maximum absolute atomic E-state index is 13.2. The van der Waals surface area contributed by atoms with Gasteiger partial charge >= 0.3 is 6.09 Å². The molecule has 7 heteroatoms. The van der Waals surface area contributed by atoms with Crippen molar-refractivity contribution in [3.8, 4) is 0 Å². The molecule has 1 fully saturated rings. The number of ether oxygens (including phenoxy) is 1. The minimum atomic E-state index is -0.814. The molecule has 2 heterocycles. The Balaban J connectivity index is 1.91. The zero-order valence-corrected chi connectivity index (χ0v) is 14.8. The van der Waals surface area contributed by atoms with Gasteiger partial charge in [-0.1, -0.05) is 18.2 Å². The summed E-state index contributed by atoms with van der Waals surface area (Å²) in [5.74, 6) is 0.124. The van der Waals surface area contributed by atoms with Gasteiger partial charge in [-0.25, -0.2) is 14.7 Å². The lowest BCUT2D eigenvalue weighted by molar-refractivity contribution is -0.122. The first kappa shape index (κ1) is 17.4. The molecule has 0 aromatic heterocycles. The molecule has 0 bridgehead atoms. The molecule has 25 heavy (non-hydrogen) atoms. The Hall–Kier alpha value is -2.41. The highest BCUT2D eigenvalue weighted by Gasteiger charge is 2.49. The Labute approximate surface area is 147 Å². The van der Waals surface area contributed by atoms with Crippen molar-refractivity contribution in [3.63, 3.8) is 0 Å². The number of hydrogen-bond acceptors (Lipinski definition) is 5. The van der Waals surface area contributed by atoms with Crippen LogP contribution in [0.4, 0.5) is 10.5 Å². The molecular weight excluding hydrogens is 320 g/mol. The molecule has 0 unspecified atom stereocenters. The molecule has 3 rings (SSSR count). The zero-order chi connectivity index (χ0) is 18.1. The van der Waals surface area contributed by atoms with E-state index >= 15 is 0 Å². The number of benzene rings is 1. The van der Waals surface area contributed by atoms with Gasteiger partial charge in [0.25, 0.3) is 5.91 Å². The normalized spacial score (nSPS) is 19.7. The Kier molecular flexibility index (Phi) is 4.51. The van der Waals surface area contributed by atoms with E-state index in [0.717, 1.165) is 13.1 Å². The summed E-state index contributed by atoms with van der Waals surface area (Å²) >= 11 is 0. The average Bonchev–Trinajstić information content (AvgIpc) is 2.79. The van der Waals surface area contributed by atoms with Crippen LogP contribution < -0.4 is 15.5 Å². The van der Waals surface area contributed by atoms with Crippen molar-refractivity contribution in [3.05, 3.63) is 30.3 Å². The molecule has 2 N–H and O–H groups in total. The van der Waals surface area contributed by atoms with Crippen LogP contribution in [0.5, 0.6) is 0 Å². The molecule has 2 amide bonds. The van der Waals surface area contributed by atoms with Crippen LogP contribution in [0, 0.1) is 0 Å². The van der Waals surface area contributed by atoms with Gasteiger partial charge in [0.05, 0.1) is 5.69 Å². The minimum absolute atomic E-state index is 0.105. The van der Waals surface area contributed by atoms with Crippen LogP contribution in [0.1, 0.15) is 33.6 Å². The fourth-order valence-electron chi connectivity index (χ4n) is 3.07. The van der Waals surface area contributed by atoms with Crippen molar-refractivity contribution >= 4 is 23.6 Å². The van der Waals surface area contributed by atoms with E-state index in [1.165, 1.54) is 4.90 Å². The highest BCUT2D eigenvalue weighted by Crippen LogP contribution is 2.33. The third-order valence-corrected chi connectivity index (χ3v) is 4.19. The summed E-state index contributed by atoms with van der Waals surface area (Å²) in [6.45, 7) is 6.81. The van der Waals surface area contributed by atoms with E-state index in [9.17, 15) is 9.59 Å². The second kappa shape index (κ2) is 6.48. The number of guanidine groups is 1. The lowest BCUT2D eigenvalue weighted by atomic mass is 9.88. The predicted octanol–water partition coefficient (Wildman–Crippen LogP) is 2.04. The van der Waals surface area contributed by atoms with Gasteiger partial charge in [-0.3, -0.25) is 10.1 Å². The van der Waals surface area contributed by atoms with Gasteiger partial charge < -0.3 is 10.1 Å². The second-order valence-corrected chi connectivity index (χ2v) is 7.32. The number of rotatable bonds is 1. The molecular formula is C18H24N4O3. The molecule has 134 valence electrons. The Bertz CT molecular complexity index is 688. The first-order valence-electron chi connectivity index (χ1n) is 8.51. The predicted molar refractivity (Wildman–Crippen MR) is 95.6 cm³/mol. The summed E-state index contributed by atoms with van der Waals surface area (Å²) in [5, 5.41) is 5.91. The number of alkyl carbamates (subject to hydrolysis) is 1. The molecule has 0 atom stereocenters. The van der Waals surface area contributed by atoms with Crippen LogP contribution >= 0.6 is 0 Å². The monoisotopic (exact) mass is 344 g/mol. The molecule has 1 saturated heterocycles. The van der Waals surface area contributed by atoms with E-state index in [2.05, 4.69) is 15.6 Å². The number of carbonyl (C=O) groups excluding carboxylic acids is 2. The van der Waals surface area contributed by atoms with Gasteiger partial charge in [0.1, 0.15) is 11.1 Å². The van der Waals surface area contributed by atoms with E-state index in [0.29, 0.717) is 18.5 Å². The van der Waals surface area contributed by atoms with Crippen LogP contribution in [-0.2, 0) is 9.53 Å². The minimum Gasteiger partial charge on any atom is -0.444 e. The van der Waals surface area contributed by atoms with Gasteiger partial charge in [0.15, 0.2) is 0 Å². The number of aliphatic imine (C=N–C) groups is 1. The first-order chi connectivity index (χ1) is 11.8. The number of nitrogens with one attached hydrogen (secondary N) is 2. The average molecular weight is 344 g/mol. The van der Waals surface area contributed by atoms with Crippen LogP contribution in [0.2, 0.25) is 0 Å². The van der Waals surface area contributed by atoms with Crippen molar-refractivity contribution in [1.29, 1.82) is 0 Å². The maximum atomic E-state index is 13.2. The van der Waals surface area contributed by atoms with Crippen molar-refractivity contribution in [1.82, 2.24) is 10.6 Å². The number of piperidine rings is 1. The quantitative estimate of drug-likeness (QED) is 0.817. The first-order valence-corrected chi connectivity index (χ1v) is 8.51. The van der Waals surface area contributed by atoms with Crippen molar-refractivity contribution in [2.24, 2.45) is 4.99 Å². The van der Waals surface area contributed by atoms with Crippen molar-refractivity contribution in [2.75, 3.05) is 18.0 Å². The number of para-hydroxylation sites is 1. The van der Waals surface area contributed by atoms with E-state index in [1.807, 2.05) is 30.3 Å². The van der Waals surface area contributed by atoms with Crippen LogP contribution in [0.15, 0.2) is 35.3 Å². The SMILES string of the molecule is CC(C)(C)OC(=O)NC1=NC2(CCNCC2)C(=O)N1c1ccccc1. The number of nitrogens with zero attached hydrogens (tertiary/aromatic N) is 2. The second-order valence-electron chi connectivity index (χ2n) is 7.32. The largest absolute Gasteiger partial charge is 0.444 e. The summed E-state index contributed by atoms with van der Waals surface area (Å²) in [4.78, 5) is 31.5. The number of amides is 2. The van der Waals surface area contributed by atoms with Crippen LogP contribution in [-0.4, -0.2) is 42.2 Å².